The van der Waals surface area contributed by atoms with E-state index in [1.165, 1.54) is 12.3 Å². The van der Waals surface area contributed by atoms with Gasteiger partial charge in [-0.05, 0) is 31.2 Å². The number of hydrogen-bond donors (Lipinski definition) is 1. The third-order valence-electron chi connectivity index (χ3n) is 2.56. The molecular formula is C13H15FN4. The molecule has 2 rings (SSSR count). The molecule has 0 spiro atoms. The highest BCUT2D eigenvalue weighted by molar-refractivity contribution is 5.25. The summed E-state index contributed by atoms with van der Waals surface area (Å²) < 4.78 is 13.2. The van der Waals surface area contributed by atoms with Gasteiger partial charge in [0.15, 0.2) is 0 Å². The van der Waals surface area contributed by atoms with Crippen molar-refractivity contribution in [1.29, 1.82) is 0 Å². The Balaban J connectivity index is 2.39. The molecule has 94 valence electrons. The van der Waals surface area contributed by atoms with E-state index in [4.69, 9.17) is 0 Å². The largest absolute Gasteiger partial charge is 0.305 e. The molecule has 0 aliphatic carbocycles. The number of aryl methyl sites for hydroxylation is 1. The molecule has 0 aliphatic rings. The lowest BCUT2D eigenvalue weighted by Crippen LogP contribution is -2.23. The Hall–Kier alpha value is -1.88. The van der Waals surface area contributed by atoms with Gasteiger partial charge in [-0.2, -0.15) is 0 Å². The Bertz CT molecular complexity index is 484. The second-order valence-corrected chi connectivity index (χ2v) is 3.96. The van der Waals surface area contributed by atoms with Crippen LogP contribution in [0.3, 0.4) is 0 Å². The standard InChI is InChI=1S/C13H15FN4/c1-3-16-13(10-6-11(14)8-15-7-10)12-4-5-17-9(2)18-12/h4-8,13,16H,3H2,1-2H3. The van der Waals surface area contributed by atoms with E-state index in [1.54, 1.807) is 12.4 Å². The van der Waals surface area contributed by atoms with Crippen molar-refractivity contribution in [3.63, 3.8) is 0 Å². The Morgan fingerprint density at radius 3 is 2.89 bits per heavy atom. The zero-order chi connectivity index (χ0) is 13.0. The summed E-state index contributed by atoms with van der Waals surface area (Å²) in [7, 11) is 0. The number of halogens is 1. The van der Waals surface area contributed by atoms with E-state index in [1.807, 2.05) is 19.9 Å². The summed E-state index contributed by atoms with van der Waals surface area (Å²) in [4.78, 5) is 12.3. The van der Waals surface area contributed by atoms with Crippen molar-refractivity contribution in [3.05, 3.63) is 53.6 Å². The Kier molecular flexibility index (Phi) is 3.94. The van der Waals surface area contributed by atoms with Crippen LogP contribution in [0.2, 0.25) is 0 Å². The molecule has 4 nitrogen and oxygen atoms in total. The zero-order valence-corrected chi connectivity index (χ0v) is 10.4. The van der Waals surface area contributed by atoms with Crippen molar-refractivity contribution >= 4 is 0 Å². The van der Waals surface area contributed by atoms with Gasteiger partial charge in [0.2, 0.25) is 0 Å². The predicted molar refractivity (Wildman–Crippen MR) is 66.5 cm³/mol. The average molecular weight is 246 g/mol. The number of nitrogens with zero attached hydrogens (tertiary/aromatic N) is 3. The molecule has 0 aromatic carbocycles. The highest BCUT2D eigenvalue weighted by atomic mass is 19.1. The highest BCUT2D eigenvalue weighted by Crippen LogP contribution is 2.19. The van der Waals surface area contributed by atoms with Crippen LogP contribution in [0.1, 0.15) is 30.0 Å². The van der Waals surface area contributed by atoms with Crippen LogP contribution in [0.5, 0.6) is 0 Å². The maximum Gasteiger partial charge on any atom is 0.141 e. The minimum atomic E-state index is -0.346. The first-order chi connectivity index (χ1) is 8.70. The average Bonchev–Trinajstić information content (AvgIpc) is 2.36. The first-order valence-electron chi connectivity index (χ1n) is 5.84. The fourth-order valence-electron chi connectivity index (χ4n) is 1.82. The topological polar surface area (TPSA) is 50.7 Å². The highest BCUT2D eigenvalue weighted by Gasteiger charge is 2.15. The number of pyridine rings is 1. The molecule has 5 heteroatoms. The molecule has 18 heavy (non-hydrogen) atoms. The molecule has 1 N–H and O–H groups in total. The fourth-order valence-corrected chi connectivity index (χ4v) is 1.82. The molecule has 0 saturated heterocycles. The molecule has 2 aromatic rings. The third kappa shape index (κ3) is 2.87. The van der Waals surface area contributed by atoms with Gasteiger partial charge in [-0.1, -0.05) is 6.92 Å². The van der Waals surface area contributed by atoms with Gasteiger partial charge < -0.3 is 5.32 Å². The van der Waals surface area contributed by atoms with Crippen molar-refractivity contribution in [2.45, 2.75) is 19.9 Å². The summed E-state index contributed by atoms with van der Waals surface area (Å²) >= 11 is 0. The quantitative estimate of drug-likeness (QED) is 0.896. The van der Waals surface area contributed by atoms with Crippen molar-refractivity contribution in [2.75, 3.05) is 6.54 Å². The SMILES string of the molecule is CCNC(c1cncc(F)c1)c1ccnc(C)n1. The lowest BCUT2D eigenvalue weighted by molar-refractivity contribution is 0.587. The minimum Gasteiger partial charge on any atom is -0.305 e. The van der Waals surface area contributed by atoms with E-state index in [9.17, 15) is 4.39 Å². The van der Waals surface area contributed by atoms with Gasteiger partial charge >= 0.3 is 0 Å². The van der Waals surface area contributed by atoms with Crippen LogP contribution in [0, 0.1) is 12.7 Å². The van der Waals surface area contributed by atoms with Crippen LogP contribution in [0.25, 0.3) is 0 Å². The third-order valence-corrected chi connectivity index (χ3v) is 2.56. The lowest BCUT2D eigenvalue weighted by Gasteiger charge is -2.17. The van der Waals surface area contributed by atoms with Crippen LogP contribution in [0.4, 0.5) is 4.39 Å². The monoisotopic (exact) mass is 246 g/mol. The van der Waals surface area contributed by atoms with E-state index < -0.39 is 0 Å². The normalized spacial score (nSPS) is 12.4. The van der Waals surface area contributed by atoms with Crippen LogP contribution in [0.15, 0.2) is 30.7 Å². The fraction of sp³-hybridized carbons (Fsp3) is 0.308. The van der Waals surface area contributed by atoms with Crippen LogP contribution in [-0.4, -0.2) is 21.5 Å². The maximum atomic E-state index is 13.2. The van der Waals surface area contributed by atoms with E-state index in [0.29, 0.717) is 5.82 Å². The Labute approximate surface area is 105 Å². The molecule has 2 aromatic heterocycles. The van der Waals surface area contributed by atoms with E-state index in [2.05, 4.69) is 20.3 Å². The molecule has 0 radical (unpaired) electrons. The summed E-state index contributed by atoms with van der Waals surface area (Å²) in [6.45, 7) is 4.58. The van der Waals surface area contributed by atoms with Gasteiger partial charge in [0.1, 0.15) is 11.6 Å². The molecule has 2 heterocycles. The van der Waals surface area contributed by atoms with Crippen molar-refractivity contribution < 1.29 is 4.39 Å². The first kappa shape index (κ1) is 12.6. The van der Waals surface area contributed by atoms with Gasteiger partial charge in [0.05, 0.1) is 17.9 Å². The Morgan fingerprint density at radius 1 is 1.39 bits per heavy atom. The molecule has 1 unspecified atom stereocenters. The van der Waals surface area contributed by atoms with Gasteiger partial charge in [0.25, 0.3) is 0 Å². The maximum absolute atomic E-state index is 13.2. The van der Waals surface area contributed by atoms with E-state index >= 15 is 0 Å². The predicted octanol–water partition coefficient (Wildman–Crippen LogP) is 2.02. The molecular weight excluding hydrogens is 231 g/mol. The molecule has 0 amide bonds. The van der Waals surface area contributed by atoms with Crippen molar-refractivity contribution in [2.24, 2.45) is 0 Å². The van der Waals surface area contributed by atoms with Crippen LogP contribution >= 0.6 is 0 Å². The minimum absolute atomic E-state index is 0.167. The molecule has 0 saturated carbocycles. The molecule has 0 bridgehead atoms. The van der Waals surface area contributed by atoms with Gasteiger partial charge in [-0.3, -0.25) is 4.98 Å². The summed E-state index contributed by atoms with van der Waals surface area (Å²) in [6.07, 6.45) is 4.54. The molecule has 1 atom stereocenters. The van der Waals surface area contributed by atoms with E-state index in [0.717, 1.165) is 17.8 Å². The lowest BCUT2D eigenvalue weighted by atomic mass is 10.1. The molecule has 0 fully saturated rings. The van der Waals surface area contributed by atoms with Crippen LogP contribution in [-0.2, 0) is 0 Å². The van der Waals surface area contributed by atoms with Crippen molar-refractivity contribution in [3.8, 4) is 0 Å². The number of hydrogen-bond acceptors (Lipinski definition) is 4. The van der Waals surface area contributed by atoms with Gasteiger partial charge in [0, 0.05) is 12.4 Å². The smallest absolute Gasteiger partial charge is 0.141 e. The first-order valence-corrected chi connectivity index (χ1v) is 5.84. The number of nitrogens with one attached hydrogen (secondary N) is 1. The second-order valence-electron chi connectivity index (χ2n) is 3.96. The van der Waals surface area contributed by atoms with E-state index in [-0.39, 0.29) is 11.9 Å². The summed E-state index contributed by atoms with van der Waals surface area (Å²) in [5, 5.41) is 3.27. The zero-order valence-electron chi connectivity index (χ0n) is 10.4. The summed E-state index contributed by atoms with van der Waals surface area (Å²) in [6, 6.07) is 3.13. The number of rotatable bonds is 4. The molecule has 0 aliphatic heterocycles. The summed E-state index contributed by atoms with van der Waals surface area (Å²) in [5.41, 5.74) is 1.58. The van der Waals surface area contributed by atoms with Crippen molar-refractivity contribution in [1.82, 2.24) is 20.3 Å². The van der Waals surface area contributed by atoms with Gasteiger partial charge in [-0.15, -0.1) is 0 Å². The van der Waals surface area contributed by atoms with Gasteiger partial charge in [-0.25, -0.2) is 14.4 Å². The Morgan fingerprint density at radius 2 is 2.22 bits per heavy atom. The number of aromatic nitrogens is 3. The van der Waals surface area contributed by atoms with Crippen LogP contribution < -0.4 is 5.32 Å². The summed E-state index contributed by atoms with van der Waals surface area (Å²) in [5.74, 6) is 0.348. The second kappa shape index (κ2) is 5.64.